The number of sulfonamides is 1. The predicted octanol–water partition coefficient (Wildman–Crippen LogP) is 5.58. The molecule has 184 valence electrons. The van der Waals surface area contributed by atoms with Gasteiger partial charge in [-0.1, -0.05) is 38.8 Å². The molecule has 0 aromatic heterocycles. The number of unbranched alkanes of at least 4 members (excludes halogenated alkanes) is 1. The Morgan fingerprint density at radius 1 is 1.26 bits per heavy atom. The van der Waals surface area contributed by atoms with Crippen molar-refractivity contribution in [1.29, 1.82) is 0 Å². The normalized spacial score (nSPS) is 19.8. The van der Waals surface area contributed by atoms with Crippen molar-refractivity contribution < 1.29 is 31.8 Å². The lowest BCUT2D eigenvalue weighted by molar-refractivity contribution is -0.134. The van der Waals surface area contributed by atoms with Crippen molar-refractivity contribution >= 4 is 27.8 Å². The van der Waals surface area contributed by atoms with Crippen LogP contribution in [0.5, 0.6) is 5.75 Å². The first-order chi connectivity index (χ1) is 16.2. The molecule has 2 aromatic carbocycles. The summed E-state index contributed by atoms with van der Waals surface area (Å²) in [6.07, 6.45) is 3.32. The summed E-state index contributed by atoms with van der Waals surface area (Å²) in [6.45, 7) is 3.92. The van der Waals surface area contributed by atoms with Gasteiger partial charge in [-0.3, -0.25) is 0 Å². The zero-order valence-corrected chi connectivity index (χ0v) is 20.5. The van der Waals surface area contributed by atoms with Gasteiger partial charge in [-0.15, -0.1) is 11.8 Å². The number of hydrogen-bond acceptors (Lipinski definition) is 5. The zero-order valence-electron chi connectivity index (χ0n) is 18.9. The monoisotopic (exact) mass is 511 g/mol. The first kappa shape index (κ1) is 26.2. The Labute approximate surface area is 202 Å². The molecule has 0 saturated carbocycles. The summed E-state index contributed by atoms with van der Waals surface area (Å²) < 4.78 is 61.9. The summed E-state index contributed by atoms with van der Waals surface area (Å²) >= 11 is 1.36. The highest BCUT2D eigenvalue weighted by molar-refractivity contribution is 7.99. The number of fused-ring (bicyclic) bond motifs is 1. The number of ether oxygens (including phenoxy) is 1. The van der Waals surface area contributed by atoms with Crippen LogP contribution in [0, 0.1) is 5.82 Å². The second-order valence-corrected chi connectivity index (χ2v) is 10.9. The van der Waals surface area contributed by atoms with Crippen LogP contribution in [0.25, 0.3) is 0 Å². The summed E-state index contributed by atoms with van der Waals surface area (Å²) in [5.41, 5.74) is 1.31. The second kappa shape index (κ2) is 11.3. The molecule has 2 atom stereocenters. The Kier molecular flexibility index (Phi) is 8.72. The fourth-order valence-corrected chi connectivity index (χ4v) is 6.29. The van der Waals surface area contributed by atoms with Gasteiger partial charge in [0.1, 0.15) is 17.8 Å². The maximum absolute atomic E-state index is 13.6. The van der Waals surface area contributed by atoms with Gasteiger partial charge in [-0.25, -0.2) is 22.3 Å². The standard InChI is InChI=1S/C24H27F2NO5S2/c1-3-5-6-17-11-18(15-7-9-16(25)10-8-15)19-12-22(33-4-2)21(32-14-20(26)24(28)29)13-23(19)34(30,31)27-17/h7-10,12-14,17-18,27H,3-6,11H2,1-2H3,(H,28,29)/b20-14-. The third kappa shape index (κ3) is 6.17. The lowest BCUT2D eigenvalue weighted by atomic mass is 9.85. The minimum absolute atomic E-state index is 0.0274. The molecule has 2 unspecified atom stereocenters. The molecule has 10 heteroatoms. The maximum atomic E-state index is 13.6. The summed E-state index contributed by atoms with van der Waals surface area (Å²) in [6, 6.07) is 8.67. The van der Waals surface area contributed by atoms with Gasteiger partial charge < -0.3 is 9.84 Å². The number of carboxylic acids is 1. The first-order valence-corrected chi connectivity index (χ1v) is 13.5. The van der Waals surface area contributed by atoms with Crippen molar-refractivity contribution in [2.24, 2.45) is 0 Å². The van der Waals surface area contributed by atoms with Crippen LogP contribution >= 0.6 is 11.8 Å². The van der Waals surface area contributed by atoms with Gasteiger partial charge >= 0.3 is 5.97 Å². The van der Waals surface area contributed by atoms with Crippen molar-refractivity contribution in [2.75, 3.05) is 5.75 Å². The number of halogens is 2. The molecule has 0 amide bonds. The number of carbonyl (C=O) groups is 1. The topological polar surface area (TPSA) is 92.7 Å². The van der Waals surface area contributed by atoms with Gasteiger partial charge in [-0.05, 0) is 47.9 Å². The quantitative estimate of drug-likeness (QED) is 0.259. The fraction of sp³-hybridized carbons (Fsp3) is 0.375. The number of nitrogens with one attached hydrogen (secondary N) is 1. The van der Waals surface area contributed by atoms with Crippen molar-refractivity contribution in [3.63, 3.8) is 0 Å². The van der Waals surface area contributed by atoms with E-state index in [4.69, 9.17) is 9.84 Å². The Balaban J connectivity index is 2.19. The Hall–Kier alpha value is -2.43. The van der Waals surface area contributed by atoms with E-state index < -0.39 is 21.8 Å². The van der Waals surface area contributed by atoms with Gasteiger partial charge in [0, 0.05) is 18.0 Å². The first-order valence-electron chi connectivity index (χ1n) is 11.0. The predicted molar refractivity (Wildman–Crippen MR) is 127 cm³/mol. The van der Waals surface area contributed by atoms with Gasteiger partial charge in [0.2, 0.25) is 15.9 Å². The molecule has 0 fully saturated rings. The van der Waals surface area contributed by atoms with E-state index in [0.29, 0.717) is 35.3 Å². The molecule has 0 spiro atoms. The third-order valence-corrected chi connectivity index (χ3v) is 8.05. The van der Waals surface area contributed by atoms with Crippen LogP contribution in [0.1, 0.15) is 56.6 Å². The van der Waals surface area contributed by atoms with Crippen molar-refractivity contribution in [3.8, 4) is 5.75 Å². The molecule has 3 rings (SSSR count). The van der Waals surface area contributed by atoms with Crippen LogP contribution in [0.3, 0.4) is 0 Å². The van der Waals surface area contributed by atoms with Crippen LogP contribution in [-0.2, 0) is 14.8 Å². The summed E-state index contributed by atoms with van der Waals surface area (Å²) in [5, 5.41) is 8.76. The fourth-order valence-electron chi connectivity index (χ4n) is 3.97. The van der Waals surface area contributed by atoms with Gasteiger partial charge in [-0.2, -0.15) is 4.39 Å². The largest absolute Gasteiger partial charge is 0.476 e. The molecule has 34 heavy (non-hydrogen) atoms. The molecule has 1 heterocycles. The highest BCUT2D eigenvalue weighted by Gasteiger charge is 2.34. The van der Waals surface area contributed by atoms with Crippen LogP contribution < -0.4 is 9.46 Å². The SMILES string of the molecule is CCCCC1CC(c2ccc(F)cc2)c2cc(SCC)c(O/C=C(\F)C(=O)O)cc2S(=O)(=O)N1. The molecular formula is C24H27F2NO5S2. The van der Waals surface area contributed by atoms with Gasteiger partial charge in [0.05, 0.1) is 9.79 Å². The zero-order chi connectivity index (χ0) is 24.9. The number of rotatable bonds is 9. The molecule has 0 aliphatic carbocycles. The average Bonchev–Trinajstić information content (AvgIpc) is 2.90. The summed E-state index contributed by atoms with van der Waals surface area (Å²) in [4.78, 5) is 11.3. The molecule has 2 N–H and O–H groups in total. The van der Waals surface area contributed by atoms with Crippen LogP contribution in [0.15, 0.2) is 58.3 Å². The van der Waals surface area contributed by atoms with E-state index >= 15 is 0 Å². The van der Waals surface area contributed by atoms with E-state index in [-0.39, 0.29) is 28.4 Å². The van der Waals surface area contributed by atoms with Crippen molar-refractivity contribution in [1.82, 2.24) is 4.72 Å². The average molecular weight is 512 g/mol. The van der Waals surface area contributed by atoms with Crippen LogP contribution in [0.4, 0.5) is 8.78 Å². The Bertz CT molecular complexity index is 1170. The van der Waals surface area contributed by atoms with E-state index in [1.165, 1.54) is 30.0 Å². The molecular weight excluding hydrogens is 484 g/mol. The van der Waals surface area contributed by atoms with E-state index in [1.54, 1.807) is 18.2 Å². The second-order valence-electron chi connectivity index (χ2n) is 7.96. The minimum atomic E-state index is -3.96. The van der Waals surface area contributed by atoms with E-state index in [1.807, 2.05) is 13.8 Å². The van der Waals surface area contributed by atoms with Gasteiger partial charge in [0.25, 0.3) is 0 Å². The number of aliphatic carboxylic acids is 1. The van der Waals surface area contributed by atoms with E-state index in [2.05, 4.69) is 4.72 Å². The van der Waals surface area contributed by atoms with E-state index in [9.17, 15) is 22.0 Å². The number of hydrogen-bond donors (Lipinski definition) is 2. The van der Waals surface area contributed by atoms with E-state index in [0.717, 1.165) is 18.4 Å². The summed E-state index contributed by atoms with van der Waals surface area (Å²) in [5.74, 6) is -3.36. The number of benzene rings is 2. The molecule has 1 aliphatic heterocycles. The van der Waals surface area contributed by atoms with Crippen molar-refractivity contribution in [2.45, 2.75) is 61.3 Å². The maximum Gasteiger partial charge on any atom is 0.368 e. The molecule has 6 nitrogen and oxygen atoms in total. The lowest BCUT2D eigenvalue weighted by Gasteiger charge is -2.22. The third-order valence-electron chi connectivity index (χ3n) is 5.56. The van der Waals surface area contributed by atoms with Crippen LogP contribution in [0.2, 0.25) is 0 Å². The summed E-state index contributed by atoms with van der Waals surface area (Å²) in [7, 11) is -3.96. The molecule has 0 bridgehead atoms. The molecule has 2 aromatic rings. The molecule has 1 aliphatic rings. The molecule has 0 saturated heterocycles. The van der Waals surface area contributed by atoms with Crippen molar-refractivity contribution in [3.05, 3.63) is 65.4 Å². The number of thioether (sulfide) groups is 1. The Morgan fingerprint density at radius 3 is 2.59 bits per heavy atom. The smallest absolute Gasteiger partial charge is 0.368 e. The molecule has 0 radical (unpaired) electrons. The lowest BCUT2D eigenvalue weighted by Crippen LogP contribution is -2.33. The minimum Gasteiger partial charge on any atom is -0.476 e. The highest BCUT2D eigenvalue weighted by Crippen LogP contribution is 2.43. The van der Waals surface area contributed by atoms with Crippen LogP contribution in [-0.4, -0.2) is 31.3 Å². The van der Waals surface area contributed by atoms with Gasteiger partial charge in [0.15, 0.2) is 0 Å². The number of carboxylic acid groups (broad SMARTS) is 1. The highest BCUT2D eigenvalue weighted by atomic mass is 32.2. The Morgan fingerprint density at radius 2 is 1.97 bits per heavy atom.